The fourth-order valence-electron chi connectivity index (χ4n) is 4.88. The van der Waals surface area contributed by atoms with E-state index < -0.39 is 20.0 Å². The summed E-state index contributed by atoms with van der Waals surface area (Å²) < 4.78 is 23.4. The van der Waals surface area contributed by atoms with Crippen LogP contribution in [0, 0.1) is 0 Å². The zero-order valence-corrected chi connectivity index (χ0v) is 34.4. The molecule has 0 aromatic heterocycles. The van der Waals surface area contributed by atoms with E-state index in [4.69, 9.17) is 9.05 Å². The first-order valence-electron chi connectivity index (χ1n) is 20.0. The number of phosphoric ester groups is 1. The lowest BCUT2D eigenvalue weighted by Crippen LogP contribution is -2.45. The Balaban J connectivity index is 4.64. The van der Waals surface area contributed by atoms with Gasteiger partial charge in [-0.3, -0.25) is 13.8 Å². The Bertz CT molecular complexity index is 1120. The molecule has 0 saturated carbocycles. The van der Waals surface area contributed by atoms with Crippen molar-refractivity contribution in [1.82, 2.24) is 5.32 Å². The number of unbranched alkanes of at least 4 members (excludes halogenated alkanes) is 9. The molecule has 3 N–H and O–H groups in total. The summed E-state index contributed by atoms with van der Waals surface area (Å²) in [6, 6.07) is -0.885. The summed E-state index contributed by atoms with van der Waals surface area (Å²) in [6.07, 6.45) is 46.5. The van der Waals surface area contributed by atoms with Crippen LogP contribution in [0.15, 0.2) is 85.1 Å². The molecule has 0 bridgehead atoms. The predicted octanol–water partition coefficient (Wildman–Crippen LogP) is 10.6. The Morgan fingerprint density at radius 2 is 1.17 bits per heavy atom. The lowest BCUT2D eigenvalue weighted by atomic mass is 10.1. The number of allylic oxidation sites excluding steroid dienone is 13. The molecule has 3 atom stereocenters. The first kappa shape index (κ1) is 49.7. The number of phosphoric acid groups is 1. The van der Waals surface area contributed by atoms with Crippen molar-refractivity contribution in [2.24, 2.45) is 0 Å². The second-order valence-electron chi connectivity index (χ2n) is 14.3. The molecule has 0 spiro atoms. The van der Waals surface area contributed by atoms with Gasteiger partial charge in [-0.15, -0.1) is 0 Å². The number of carbonyl (C=O) groups excluding carboxylic acids is 1. The number of likely N-dealkylation sites (N-methyl/N-ethyl adjacent to an activating group) is 1. The van der Waals surface area contributed by atoms with Crippen LogP contribution < -0.4 is 5.32 Å². The lowest BCUT2D eigenvalue weighted by molar-refractivity contribution is -0.870. The van der Waals surface area contributed by atoms with Crippen molar-refractivity contribution < 1.29 is 32.9 Å². The summed E-state index contributed by atoms with van der Waals surface area (Å²) in [5.41, 5.74) is 0. The number of aliphatic hydroxyl groups excluding tert-OH is 1. The van der Waals surface area contributed by atoms with Crippen LogP contribution in [0.4, 0.5) is 0 Å². The molecular formula is C43H76N2O6P+. The number of nitrogens with one attached hydrogen (secondary N) is 1. The van der Waals surface area contributed by atoms with Crippen molar-refractivity contribution in [3.8, 4) is 0 Å². The second-order valence-corrected chi connectivity index (χ2v) is 15.7. The minimum Gasteiger partial charge on any atom is -0.387 e. The molecule has 3 unspecified atom stereocenters. The van der Waals surface area contributed by atoms with Crippen molar-refractivity contribution >= 4 is 13.7 Å². The van der Waals surface area contributed by atoms with Gasteiger partial charge in [0.25, 0.3) is 0 Å². The number of hydrogen-bond acceptors (Lipinski definition) is 5. The number of aliphatic hydroxyl groups is 1. The zero-order chi connectivity index (χ0) is 38.6. The molecule has 0 aromatic carbocycles. The van der Waals surface area contributed by atoms with Crippen molar-refractivity contribution in [2.45, 2.75) is 142 Å². The molecular weight excluding hydrogens is 671 g/mol. The summed E-state index contributed by atoms with van der Waals surface area (Å²) in [7, 11) is 1.51. The van der Waals surface area contributed by atoms with Gasteiger partial charge in [0.05, 0.1) is 39.9 Å². The maximum atomic E-state index is 12.8. The van der Waals surface area contributed by atoms with Gasteiger partial charge in [0.15, 0.2) is 0 Å². The zero-order valence-electron chi connectivity index (χ0n) is 33.5. The van der Waals surface area contributed by atoms with Crippen LogP contribution in [0.3, 0.4) is 0 Å². The van der Waals surface area contributed by atoms with Gasteiger partial charge in [-0.2, -0.15) is 0 Å². The molecule has 298 valence electrons. The van der Waals surface area contributed by atoms with Crippen molar-refractivity contribution in [1.29, 1.82) is 0 Å². The van der Waals surface area contributed by atoms with E-state index in [9.17, 15) is 19.4 Å². The largest absolute Gasteiger partial charge is 0.472 e. The summed E-state index contributed by atoms with van der Waals surface area (Å²) in [6.45, 7) is 4.57. The normalized spacial score (nSPS) is 15.4. The Morgan fingerprint density at radius 1 is 0.673 bits per heavy atom. The van der Waals surface area contributed by atoms with E-state index in [1.54, 1.807) is 6.08 Å². The Morgan fingerprint density at radius 3 is 1.75 bits per heavy atom. The quantitative estimate of drug-likeness (QED) is 0.0262. The van der Waals surface area contributed by atoms with Crippen molar-refractivity contribution in [3.05, 3.63) is 85.1 Å². The van der Waals surface area contributed by atoms with Gasteiger partial charge in [0, 0.05) is 6.42 Å². The average Bonchev–Trinajstić information content (AvgIpc) is 3.09. The van der Waals surface area contributed by atoms with Crippen LogP contribution in [0.5, 0.6) is 0 Å². The Hall–Kier alpha value is -2.32. The standard InChI is InChI=1S/C43H75N2O6P/c1-6-8-10-12-14-16-18-20-21-22-23-25-27-29-31-33-35-37-43(47)44-41(40-51-52(48,49)50-39-38-45(3,4)5)42(46)36-34-32-30-28-26-24-19-17-15-13-11-9-7-2/h8,10,14-17,20-21,23,25-26,28,34,36,41-42,46H,6-7,9,11-13,18-19,22,24,27,29-33,35,37-40H2,1-5H3,(H-,44,47,48,49)/p+1/b10-8-,16-14-,17-15+,21-20-,25-23-,28-26+,36-34+. The molecule has 0 aliphatic carbocycles. The number of amides is 1. The second kappa shape index (κ2) is 34.4. The van der Waals surface area contributed by atoms with E-state index in [1.165, 1.54) is 19.3 Å². The highest BCUT2D eigenvalue weighted by Crippen LogP contribution is 2.43. The molecule has 0 aromatic rings. The Labute approximate surface area is 318 Å². The van der Waals surface area contributed by atoms with Crippen LogP contribution in [-0.4, -0.2) is 73.4 Å². The first-order valence-corrected chi connectivity index (χ1v) is 21.5. The topological polar surface area (TPSA) is 105 Å². The van der Waals surface area contributed by atoms with E-state index in [0.717, 1.165) is 89.9 Å². The first-order chi connectivity index (χ1) is 25.0. The van der Waals surface area contributed by atoms with Gasteiger partial charge in [0.1, 0.15) is 13.2 Å². The van der Waals surface area contributed by atoms with Crippen LogP contribution in [0.2, 0.25) is 0 Å². The number of nitrogens with zero attached hydrogens (tertiary/aromatic N) is 1. The van der Waals surface area contributed by atoms with E-state index in [0.29, 0.717) is 17.4 Å². The molecule has 0 aliphatic rings. The number of hydrogen-bond donors (Lipinski definition) is 3. The van der Waals surface area contributed by atoms with Crippen LogP contribution in [-0.2, 0) is 18.4 Å². The number of rotatable bonds is 34. The van der Waals surface area contributed by atoms with Gasteiger partial charge in [0.2, 0.25) is 5.91 Å². The van der Waals surface area contributed by atoms with Gasteiger partial charge in [-0.25, -0.2) is 4.57 Å². The van der Waals surface area contributed by atoms with Gasteiger partial charge < -0.3 is 19.8 Å². The third-order valence-electron chi connectivity index (χ3n) is 8.08. The van der Waals surface area contributed by atoms with Crippen LogP contribution in [0.1, 0.15) is 129 Å². The minimum atomic E-state index is -4.36. The highest BCUT2D eigenvalue weighted by Gasteiger charge is 2.27. The Kier molecular flexibility index (Phi) is 32.9. The third-order valence-corrected chi connectivity index (χ3v) is 9.06. The fourth-order valence-corrected chi connectivity index (χ4v) is 5.62. The third kappa shape index (κ3) is 36.1. The highest BCUT2D eigenvalue weighted by molar-refractivity contribution is 7.47. The van der Waals surface area contributed by atoms with E-state index in [-0.39, 0.29) is 19.1 Å². The van der Waals surface area contributed by atoms with E-state index >= 15 is 0 Å². The van der Waals surface area contributed by atoms with Gasteiger partial charge in [-0.1, -0.05) is 125 Å². The van der Waals surface area contributed by atoms with Crippen molar-refractivity contribution in [3.63, 3.8) is 0 Å². The lowest BCUT2D eigenvalue weighted by Gasteiger charge is -2.25. The summed E-state index contributed by atoms with van der Waals surface area (Å²) >= 11 is 0. The smallest absolute Gasteiger partial charge is 0.387 e. The monoisotopic (exact) mass is 748 g/mol. The van der Waals surface area contributed by atoms with Crippen LogP contribution >= 0.6 is 7.82 Å². The molecule has 9 heteroatoms. The number of quaternary nitrogens is 1. The predicted molar refractivity (Wildman–Crippen MR) is 221 cm³/mol. The molecule has 0 fully saturated rings. The molecule has 0 rings (SSSR count). The average molecular weight is 748 g/mol. The maximum Gasteiger partial charge on any atom is 0.472 e. The van der Waals surface area contributed by atoms with E-state index in [1.807, 2.05) is 27.2 Å². The summed E-state index contributed by atoms with van der Waals surface area (Å²) in [4.78, 5) is 23.0. The summed E-state index contributed by atoms with van der Waals surface area (Å²) in [5, 5.41) is 13.7. The molecule has 0 saturated heterocycles. The minimum absolute atomic E-state index is 0.0435. The molecule has 8 nitrogen and oxygen atoms in total. The SMILES string of the molecule is CC/C=C\C/C=C\C/C=C\C/C=C\CCCCCCC(=O)NC(COP(=O)(O)OCC[N+](C)(C)C)C(O)/C=C/CC/C=C/CC/C=C/CCCCC. The molecule has 1 amide bonds. The fraction of sp³-hybridized carbons (Fsp3) is 0.651. The molecule has 0 aliphatic heterocycles. The highest BCUT2D eigenvalue weighted by atomic mass is 31.2. The van der Waals surface area contributed by atoms with Crippen LogP contribution in [0.25, 0.3) is 0 Å². The molecule has 0 heterocycles. The summed E-state index contributed by atoms with van der Waals surface area (Å²) in [5.74, 6) is -0.221. The van der Waals surface area contributed by atoms with Gasteiger partial charge in [-0.05, 0) is 83.5 Å². The molecule has 52 heavy (non-hydrogen) atoms. The number of carbonyl (C=O) groups is 1. The molecule has 0 radical (unpaired) electrons. The van der Waals surface area contributed by atoms with Crippen molar-refractivity contribution in [2.75, 3.05) is 40.9 Å². The van der Waals surface area contributed by atoms with E-state index in [2.05, 4.69) is 92.1 Å². The van der Waals surface area contributed by atoms with Gasteiger partial charge >= 0.3 is 7.82 Å². The maximum absolute atomic E-state index is 12.8.